The lowest BCUT2D eigenvalue weighted by atomic mass is 10.1. The number of anilines is 1. The molecule has 1 aromatic rings. The fourth-order valence-electron chi connectivity index (χ4n) is 2.30. The molecule has 4 nitrogen and oxygen atoms in total. The Hall–Kier alpha value is -1.07. The average Bonchev–Trinajstić information content (AvgIpc) is 2.80. The standard InChI is InChI=1S/C13H19NO3S/c1-14(9-11-7-8-17-10-11)12-5-3-4-6-13(12)18(2,15)16/h3-6,11H,7-10H2,1-2H3. The number of benzene rings is 1. The molecule has 0 radical (unpaired) electrons. The van der Waals surface area contributed by atoms with Gasteiger partial charge in [-0.1, -0.05) is 12.1 Å². The van der Waals surface area contributed by atoms with Crippen LogP contribution in [0.4, 0.5) is 5.69 Å². The molecular weight excluding hydrogens is 250 g/mol. The van der Waals surface area contributed by atoms with Gasteiger partial charge in [-0.05, 0) is 18.6 Å². The molecule has 1 atom stereocenters. The van der Waals surface area contributed by atoms with Crippen molar-refractivity contribution in [3.05, 3.63) is 24.3 Å². The summed E-state index contributed by atoms with van der Waals surface area (Å²) in [4.78, 5) is 2.40. The summed E-state index contributed by atoms with van der Waals surface area (Å²) in [6.45, 7) is 2.41. The van der Waals surface area contributed by atoms with Crippen molar-refractivity contribution >= 4 is 15.5 Å². The van der Waals surface area contributed by atoms with E-state index in [-0.39, 0.29) is 0 Å². The van der Waals surface area contributed by atoms with Crippen LogP contribution in [0.1, 0.15) is 6.42 Å². The average molecular weight is 269 g/mol. The van der Waals surface area contributed by atoms with E-state index in [0.717, 1.165) is 31.9 Å². The van der Waals surface area contributed by atoms with Gasteiger partial charge >= 0.3 is 0 Å². The second kappa shape index (κ2) is 5.28. The predicted octanol–water partition coefficient (Wildman–Crippen LogP) is 1.56. The Morgan fingerprint density at radius 3 is 2.72 bits per heavy atom. The van der Waals surface area contributed by atoms with Gasteiger partial charge in [0.05, 0.1) is 17.2 Å². The highest BCUT2D eigenvalue weighted by molar-refractivity contribution is 7.90. The minimum absolute atomic E-state index is 0.395. The van der Waals surface area contributed by atoms with Gasteiger partial charge in [0.25, 0.3) is 0 Å². The van der Waals surface area contributed by atoms with Gasteiger partial charge in [0.1, 0.15) is 0 Å². The Kier molecular flexibility index (Phi) is 3.92. The second-order valence-corrected chi connectivity index (χ2v) is 6.83. The summed E-state index contributed by atoms with van der Waals surface area (Å²) in [7, 11) is -1.25. The molecule has 5 heteroatoms. The molecule has 1 fully saturated rings. The number of para-hydroxylation sites is 1. The van der Waals surface area contributed by atoms with E-state index in [9.17, 15) is 8.42 Å². The number of ether oxygens (including phenoxy) is 1. The van der Waals surface area contributed by atoms with Crippen LogP contribution in [0, 0.1) is 5.92 Å². The van der Waals surface area contributed by atoms with Gasteiger partial charge < -0.3 is 9.64 Å². The summed E-state index contributed by atoms with van der Waals surface area (Å²) in [6.07, 6.45) is 2.30. The van der Waals surface area contributed by atoms with E-state index in [2.05, 4.69) is 0 Å². The Bertz CT molecular complexity index is 507. The molecular formula is C13H19NO3S. The van der Waals surface area contributed by atoms with Crippen LogP contribution in [-0.4, -0.2) is 41.5 Å². The molecule has 1 unspecified atom stereocenters. The number of hydrogen-bond donors (Lipinski definition) is 0. The summed E-state index contributed by atoms with van der Waals surface area (Å²) < 4.78 is 28.8. The number of sulfone groups is 1. The minimum Gasteiger partial charge on any atom is -0.381 e. The SMILES string of the molecule is CN(CC1CCOC1)c1ccccc1S(C)(=O)=O. The van der Waals surface area contributed by atoms with Crippen molar-refractivity contribution in [2.24, 2.45) is 5.92 Å². The van der Waals surface area contributed by atoms with E-state index in [1.54, 1.807) is 12.1 Å². The van der Waals surface area contributed by atoms with Gasteiger partial charge in [-0.15, -0.1) is 0 Å². The predicted molar refractivity (Wildman–Crippen MR) is 71.7 cm³/mol. The maximum absolute atomic E-state index is 11.7. The highest BCUT2D eigenvalue weighted by atomic mass is 32.2. The highest BCUT2D eigenvalue weighted by Gasteiger charge is 2.21. The van der Waals surface area contributed by atoms with Crippen molar-refractivity contribution in [3.63, 3.8) is 0 Å². The van der Waals surface area contributed by atoms with Crippen LogP contribution < -0.4 is 4.90 Å². The lowest BCUT2D eigenvalue weighted by molar-refractivity contribution is 0.186. The molecule has 0 aromatic heterocycles. The highest BCUT2D eigenvalue weighted by Crippen LogP contribution is 2.25. The van der Waals surface area contributed by atoms with Gasteiger partial charge in [0.15, 0.2) is 9.84 Å². The Morgan fingerprint density at radius 2 is 2.11 bits per heavy atom. The van der Waals surface area contributed by atoms with Crippen LogP contribution in [0.15, 0.2) is 29.2 Å². The van der Waals surface area contributed by atoms with Crippen LogP contribution in [-0.2, 0) is 14.6 Å². The maximum atomic E-state index is 11.7. The first-order chi connectivity index (χ1) is 8.48. The monoisotopic (exact) mass is 269 g/mol. The third-order valence-electron chi connectivity index (χ3n) is 3.23. The van der Waals surface area contributed by atoms with Crippen LogP contribution in [0.25, 0.3) is 0 Å². The summed E-state index contributed by atoms with van der Waals surface area (Å²) in [5, 5.41) is 0. The van der Waals surface area contributed by atoms with Crippen molar-refractivity contribution in [1.29, 1.82) is 0 Å². The molecule has 0 amide bonds. The second-order valence-electron chi connectivity index (χ2n) is 4.85. The van der Waals surface area contributed by atoms with Crippen LogP contribution >= 0.6 is 0 Å². The van der Waals surface area contributed by atoms with Gasteiger partial charge in [-0.2, -0.15) is 0 Å². The van der Waals surface area contributed by atoms with Crippen molar-refractivity contribution in [2.75, 3.05) is 38.0 Å². The van der Waals surface area contributed by atoms with Gasteiger partial charge in [0, 0.05) is 32.4 Å². The maximum Gasteiger partial charge on any atom is 0.177 e. The van der Waals surface area contributed by atoms with Crippen LogP contribution in [0.5, 0.6) is 0 Å². The molecule has 1 heterocycles. The number of nitrogens with zero attached hydrogens (tertiary/aromatic N) is 1. The van der Waals surface area contributed by atoms with Crippen molar-refractivity contribution < 1.29 is 13.2 Å². The third-order valence-corrected chi connectivity index (χ3v) is 4.38. The fraction of sp³-hybridized carbons (Fsp3) is 0.538. The fourth-order valence-corrected chi connectivity index (χ4v) is 3.23. The van der Waals surface area contributed by atoms with Gasteiger partial charge in [-0.3, -0.25) is 0 Å². The lowest BCUT2D eigenvalue weighted by Gasteiger charge is -2.24. The minimum atomic E-state index is -3.19. The molecule has 1 aliphatic heterocycles. The van der Waals surface area contributed by atoms with E-state index in [4.69, 9.17) is 4.74 Å². The molecule has 2 rings (SSSR count). The van der Waals surface area contributed by atoms with Crippen LogP contribution in [0.3, 0.4) is 0 Å². The van der Waals surface area contributed by atoms with E-state index >= 15 is 0 Å². The topological polar surface area (TPSA) is 46.6 Å². The van der Waals surface area contributed by atoms with E-state index in [0.29, 0.717) is 10.8 Å². The third kappa shape index (κ3) is 3.03. The van der Waals surface area contributed by atoms with Crippen molar-refractivity contribution in [2.45, 2.75) is 11.3 Å². The molecule has 0 saturated carbocycles. The lowest BCUT2D eigenvalue weighted by Crippen LogP contribution is -2.26. The molecule has 18 heavy (non-hydrogen) atoms. The molecule has 0 N–H and O–H groups in total. The Balaban J connectivity index is 2.21. The van der Waals surface area contributed by atoms with Gasteiger partial charge in [0.2, 0.25) is 0 Å². The Morgan fingerprint density at radius 1 is 1.39 bits per heavy atom. The normalized spacial score (nSPS) is 20.0. The number of hydrogen-bond acceptors (Lipinski definition) is 4. The molecule has 0 aliphatic carbocycles. The smallest absolute Gasteiger partial charge is 0.177 e. The summed E-state index contributed by atoms with van der Waals surface area (Å²) in [6, 6.07) is 7.14. The van der Waals surface area contributed by atoms with Crippen LogP contribution in [0.2, 0.25) is 0 Å². The summed E-state index contributed by atoms with van der Waals surface area (Å²) >= 11 is 0. The van der Waals surface area contributed by atoms with E-state index in [1.165, 1.54) is 6.26 Å². The summed E-state index contributed by atoms with van der Waals surface area (Å²) in [5.41, 5.74) is 0.770. The molecule has 0 bridgehead atoms. The number of rotatable bonds is 4. The first-order valence-corrected chi connectivity index (χ1v) is 7.95. The zero-order valence-electron chi connectivity index (χ0n) is 10.8. The first kappa shape index (κ1) is 13.4. The largest absolute Gasteiger partial charge is 0.381 e. The van der Waals surface area contributed by atoms with E-state index < -0.39 is 9.84 Å². The summed E-state index contributed by atoms with van der Waals surface area (Å²) in [5.74, 6) is 0.489. The molecule has 1 aliphatic rings. The van der Waals surface area contributed by atoms with E-state index in [1.807, 2.05) is 24.1 Å². The molecule has 0 spiro atoms. The molecule has 100 valence electrons. The van der Waals surface area contributed by atoms with Crippen molar-refractivity contribution in [1.82, 2.24) is 0 Å². The Labute approximate surface area is 108 Å². The van der Waals surface area contributed by atoms with Gasteiger partial charge in [-0.25, -0.2) is 8.42 Å². The quantitative estimate of drug-likeness (QED) is 0.832. The van der Waals surface area contributed by atoms with Crippen molar-refractivity contribution in [3.8, 4) is 0 Å². The first-order valence-electron chi connectivity index (χ1n) is 6.06. The zero-order chi connectivity index (χ0) is 13.2. The molecule has 1 aromatic carbocycles. The molecule has 1 saturated heterocycles. The zero-order valence-corrected chi connectivity index (χ0v) is 11.6.